The summed E-state index contributed by atoms with van der Waals surface area (Å²) in [6, 6.07) is 0. The summed E-state index contributed by atoms with van der Waals surface area (Å²) in [6.45, 7) is 4.36. The van der Waals surface area contributed by atoms with Crippen LogP contribution in [0.25, 0.3) is 0 Å². The molecule has 3 N–H and O–H groups in total. The van der Waals surface area contributed by atoms with Gasteiger partial charge in [0.15, 0.2) is 12.2 Å². The molecule has 0 aliphatic heterocycles. The minimum Gasteiger partial charge on any atom is -0.462 e. The molecule has 112 heavy (non-hydrogen) atoms. The van der Waals surface area contributed by atoms with Gasteiger partial charge < -0.3 is 33.8 Å². The summed E-state index contributed by atoms with van der Waals surface area (Å²) < 4.78 is 68.5. The van der Waals surface area contributed by atoms with E-state index in [1.54, 1.807) is 0 Å². The van der Waals surface area contributed by atoms with E-state index in [0.29, 0.717) is 44.9 Å². The van der Waals surface area contributed by atoms with Gasteiger partial charge in [0.1, 0.15) is 19.3 Å². The average molecular weight is 1600 g/mol. The van der Waals surface area contributed by atoms with Crippen LogP contribution in [0.4, 0.5) is 0 Å². The molecule has 0 rings (SSSR count). The number of phosphoric acid groups is 2. The largest absolute Gasteiger partial charge is 0.472 e. The smallest absolute Gasteiger partial charge is 0.462 e. The van der Waals surface area contributed by atoms with E-state index in [4.69, 9.17) is 37.0 Å². The van der Waals surface area contributed by atoms with Crippen LogP contribution in [-0.4, -0.2) is 96.7 Å². The predicted molar refractivity (Wildman–Crippen MR) is 463 cm³/mol. The van der Waals surface area contributed by atoms with Gasteiger partial charge in [-0.25, -0.2) is 9.13 Å². The zero-order valence-electron chi connectivity index (χ0n) is 69.3. The fraction of sp³-hybridized carbons (Fsp3) is 0.591. The molecular formula is C93H148O17P2. The van der Waals surface area contributed by atoms with Crippen molar-refractivity contribution in [1.29, 1.82) is 0 Å². The molecule has 5 atom stereocenters. The molecule has 0 saturated carbocycles. The van der Waals surface area contributed by atoms with E-state index in [-0.39, 0.29) is 25.7 Å². The van der Waals surface area contributed by atoms with E-state index in [9.17, 15) is 43.2 Å². The second-order valence-electron chi connectivity index (χ2n) is 27.3. The van der Waals surface area contributed by atoms with E-state index in [2.05, 4.69) is 180 Å². The second-order valence-corrected chi connectivity index (χ2v) is 30.2. The maximum absolute atomic E-state index is 13.1. The van der Waals surface area contributed by atoms with Gasteiger partial charge in [0, 0.05) is 25.7 Å². The maximum Gasteiger partial charge on any atom is 0.472 e. The number of ether oxygens (including phenoxy) is 4. The highest BCUT2D eigenvalue weighted by Gasteiger charge is 2.30. The number of esters is 4. The quantitative estimate of drug-likeness (QED) is 0.0169. The SMILES string of the molecule is CC/C=C\C/C=C\C/C=C\C/C=C\C/C=C\C/C=C\CCC(=O)OC[C@H](COP(=O)(O)OC[C@@H](O)COP(=O)(O)OC[C@@H](COC(=O)CC/C=C\C/C=C\C/C=C\C/C=C\C/C=C\C/C=C\CC)OC(=O)CCCCCCCCCCCCCCCCC)OC(=O)CC/C=C\C/C=C\C/C=C\C/C=C\C/C=C\CCCCC. The van der Waals surface area contributed by atoms with Crippen LogP contribution in [0.3, 0.4) is 0 Å². The van der Waals surface area contributed by atoms with Gasteiger partial charge in [-0.2, -0.15) is 0 Å². The van der Waals surface area contributed by atoms with Crippen molar-refractivity contribution in [3.63, 3.8) is 0 Å². The highest BCUT2D eigenvalue weighted by Crippen LogP contribution is 2.45. The number of aliphatic hydroxyl groups is 1. The lowest BCUT2D eigenvalue weighted by atomic mass is 10.0. The molecule has 0 aromatic carbocycles. The van der Waals surface area contributed by atoms with Crippen molar-refractivity contribution in [2.75, 3.05) is 39.6 Å². The van der Waals surface area contributed by atoms with E-state index in [1.807, 2.05) is 54.7 Å². The van der Waals surface area contributed by atoms with Crippen LogP contribution in [-0.2, 0) is 65.4 Å². The van der Waals surface area contributed by atoms with Crippen LogP contribution in [0.15, 0.2) is 207 Å². The minimum absolute atomic E-state index is 0.0111. The van der Waals surface area contributed by atoms with E-state index >= 15 is 0 Å². The Bertz CT molecular complexity index is 2940. The summed E-state index contributed by atoms with van der Waals surface area (Å²) in [4.78, 5) is 73.1. The van der Waals surface area contributed by atoms with Crippen molar-refractivity contribution < 1.29 is 80.2 Å². The molecule has 0 radical (unpaired) electrons. The number of carbonyl (C=O) groups excluding carboxylic acids is 4. The normalized spacial score (nSPS) is 14.8. The Kier molecular flexibility index (Phi) is 77.9. The molecule has 19 heteroatoms. The number of aliphatic hydroxyl groups excluding tert-OH is 1. The number of hydrogen-bond acceptors (Lipinski definition) is 15. The molecule has 0 fully saturated rings. The molecule has 0 amide bonds. The summed E-state index contributed by atoms with van der Waals surface area (Å²) in [6.07, 6.45) is 104. The molecule has 0 aromatic rings. The first-order valence-electron chi connectivity index (χ1n) is 42.3. The lowest BCUT2D eigenvalue weighted by molar-refractivity contribution is -0.161. The lowest BCUT2D eigenvalue weighted by Crippen LogP contribution is -2.30. The Balaban J connectivity index is 5.59. The molecule has 0 spiro atoms. The van der Waals surface area contributed by atoms with Gasteiger partial charge >= 0.3 is 39.5 Å². The monoisotopic (exact) mass is 1600 g/mol. The first-order valence-corrected chi connectivity index (χ1v) is 45.3. The van der Waals surface area contributed by atoms with Crippen molar-refractivity contribution in [3.8, 4) is 0 Å². The molecule has 0 heterocycles. The van der Waals surface area contributed by atoms with Gasteiger partial charge in [0.2, 0.25) is 0 Å². The molecule has 17 nitrogen and oxygen atoms in total. The lowest BCUT2D eigenvalue weighted by Gasteiger charge is -2.21. The second kappa shape index (κ2) is 82.6. The molecule has 2 unspecified atom stereocenters. The molecular weight excluding hydrogens is 1450 g/mol. The van der Waals surface area contributed by atoms with Gasteiger partial charge in [0.05, 0.1) is 26.4 Å². The van der Waals surface area contributed by atoms with Crippen LogP contribution in [0.1, 0.15) is 297 Å². The number of carbonyl (C=O) groups is 4. The van der Waals surface area contributed by atoms with Crippen LogP contribution in [0.2, 0.25) is 0 Å². The average Bonchev–Trinajstić information content (AvgIpc) is 0.898. The molecule has 0 bridgehead atoms. The Hall–Kier alpha value is -6.36. The van der Waals surface area contributed by atoms with E-state index in [1.165, 1.54) is 83.5 Å². The van der Waals surface area contributed by atoms with Gasteiger partial charge in [-0.05, 0) is 141 Å². The van der Waals surface area contributed by atoms with Crippen LogP contribution < -0.4 is 0 Å². The number of hydrogen-bond donors (Lipinski definition) is 3. The fourth-order valence-electron chi connectivity index (χ4n) is 10.4. The maximum atomic E-state index is 13.1. The number of unbranched alkanes of at least 4 members (excludes halogenated alkanes) is 17. The molecule has 0 aliphatic carbocycles. The molecule has 0 aromatic heterocycles. The molecule has 0 aliphatic rings. The molecule has 632 valence electrons. The van der Waals surface area contributed by atoms with Crippen LogP contribution >= 0.6 is 15.6 Å². The van der Waals surface area contributed by atoms with Crippen LogP contribution in [0.5, 0.6) is 0 Å². The van der Waals surface area contributed by atoms with Gasteiger partial charge in [0.25, 0.3) is 0 Å². The first-order chi connectivity index (χ1) is 54.7. The zero-order valence-corrected chi connectivity index (χ0v) is 71.0. The Labute approximate surface area is 678 Å². The molecule has 0 saturated heterocycles. The summed E-state index contributed by atoms with van der Waals surface area (Å²) in [5, 5.41) is 10.7. The first kappa shape index (κ1) is 106. The van der Waals surface area contributed by atoms with Crippen molar-refractivity contribution in [3.05, 3.63) is 207 Å². The highest BCUT2D eigenvalue weighted by molar-refractivity contribution is 7.47. The Morgan fingerprint density at radius 2 is 0.482 bits per heavy atom. The van der Waals surface area contributed by atoms with E-state index in [0.717, 1.165) is 116 Å². The fourth-order valence-corrected chi connectivity index (χ4v) is 12.0. The third-order valence-corrected chi connectivity index (χ3v) is 18.7. The van der Waals surface area contributed by atoms with Gasteiger partial charge in [-0.15, -0.1) is 0 Å². The van der Waals surface area contributed by atoms with Crippen LogP contribution in [0, 0.1) is 0 Å². The highest BCUT2D eigenvalue weighted by atomic mass is 31.2. The standard InChI is InChI=1S/C93H148O17P2/c1-5-9-13-17-21-25-29-33-37-40-43-46-50-53-57-61-65-69-73-77-90(95)103-83-88(109-92(97)79-75-71-67-63-59-55-49-36-32-28-24-20-16-12-8-4)85-107-111(99,100)105-81-87(94)82-106-112(101,102)108-86-89(110-93(98)80-76-72-68-64-60-56-52-48-45-42-39-35-31-27-23-19-15-11-7-3)84-104-91(96)78-74-70-66-62-58-54-51-47-44-41-38-34-30-26-22-18-14-10-6-2/h9-10,13-14,21-23,25-27,33-35,37-39,43-48,53-54,56-58,60,65-66,68-70,72,87-89,94H,5-8,11-12,15-20,24,28-32,36,40-42,49-52,55,59,61-64,67,71,73-86H2,1-4H3,(H,99,100)(H,101,102)/b13-9-,14-10-,25-21-,26-22-,27-23-,37-33-,38-34-,39-35-,46-43-,47-44-,48-45-,57-53-,58-54-,60-56-,69-65-,70-66-,72-68-/t87-,88+,89+/m0/s1. The number of allylic oxidation sites excluding steroid dienone is 34. The Morgan fingerprint density at radius 3 is 0.768 bits per heavy atom. The Morgan fingerprint density at radius 1 is 0.259 bits per heavy atom. The summed E-state index contributed by atoms with van der Waals surface area (Å²) >= 11 is 0. The minimum atomic E-state index is -5.03. The van der Waals surface area contributed by atoms with Gasteiger partial charge in [-0.3, -0.25) is 37.3 Å². The van der Waals surface area contributed by atoms with Crippen molar-refractivity contribution in [1.82, 2.24) is 0 Å². The summed E-state index contributed by atoms with van der Waals surface area (Å²) in [5.41, 5.74) is 0. The predicted octanol–water partition coefficient (Wildman–Crippen LogP) is 25.4. The van der Waals surface area contributed by atoms with Crippen molar-refractivity contribution in [2.24, 2.45) is 0 Å². The topological polar surface area (TPSA) is 237 Å². The third kappa shape index (κ3) is 81.6. The number of rotatable bonds is 77. The van der Waals surface area contributed by atoms with Gasteiger partial charge in [-0.1, -0.05) is 337 Å². The van der Waals surface area contributed by atoms with Crippen molar-refractivity contribution in [2.45, 2.75) is 316 Å². The third-order valence-electron chi connectivity index (χ3n) is 16.8. The summed E-state index contributed by atoms with van der Waals surface area (Å²) in [5.74, 6) is -2.48. The summed E-state index contributed by atoms with van der Waals surface area (Å²) in [7, 11) is -10.1. The van der Waals surface area contributed by atoms with E-state index < -0.39 is 97.5 Å². The van der Waals surface area contributed by atoms with Crippen molar-refractivity contribution >= 4 is 39.5 Å². The zero-order chi connectivity index (χ0) is 81.7. The number of phosphoric ester groups is 2.